The Labute approximate surface area is 124 Å². The Kier molecular flexibility index (Phi) is 5.48. The highest BCUT2D eigenvalue weighted by atomic mass is 79.9. The maximum Gasteiger partial charge on any atom is 0.134 e. The van der Waals surface area contributed by atoms with Crippen LogP contribution in [-0.4, -0.2) is 32.4 Å². The fourth-order valence-electron chi connectivity index (χ4n) is 1.66. The standard InChI is InChI=1S/C13H17Br2NO2/c1-17-8-11(7-16-10-3-4-10)18-13-5-2-9(14)6-12(13)15/h2,5-6,10-11,16H,3-4,7-8H2,1H3. The van der Waals surface area contributed by atoms with Crippen LogP contribution in [0.15, 0.2) is 27.1 Å². The maximum absolute atomic E-state index is 5.96. The van der Waals surface area contributed by atoms with Gasteiger partial charge in [0.2, 0.25) is 0 Å². The first-order valence-corrected chi connectivity index (χ1v) is 7.61. The third-order valence-corrected chi connectivity index (χ3v) is 3.86. The molecule has 0 aromatic heterocycles. The number of nitrogens with one attached hydrogen (secondary N) is 1. The predicted molar refractivity (Wildman–Crippen MR) is 79.2 cm³/mol. The third-order valence-electron chi connectivity index (χ3n) is 2.75. The molecule has 1 atom stereocenters. The van der Waals surface area contributed by atoms with Crippen molar-refractivity contribution in [1.29, 1.82) is 0 Å². The summed E-state index contributed by atoms with van der Waals surface area (Å²) >= 11 is 6.93. The number of hydrogen-bond acceptors (Lipinski definition) is 3. The van der Waals surface area contributed by atoms with E-state index >= 15 is 0 Å². The highest BCUT2D eigenvalue weighted by Crippen LogP contribution is 2.29. The molecule has 2 rings (SSSR count). The van der Waals surface area contributed by atoms with Crippen LogP contribution in [0.2, 0.25) is 0 Å². The van der Waals surface area contributed by atoms with E-state index in [0.717, 1.165) is 21.2 Å². The molecule has 0 spiro atoms. The molecular formula is C13H17Br2NO2. The normalized spacial score (nSPS) is 16.6. The molecule has 0 amide bonds. The first kappa shape index (κ1) is 14.3. The zero-order valence-electron chi connectivity index (χ0n) is 10.3. The molecular weight excluding hydrogens is 362 g/mol. The van der Waals surface area contributed by atoms with Gasteiger partial charge in [-0.3, -0.25) is 0 Å². The molecule has 100 valence electrons. The summed E-state index contributed by atoms with van der Waals surface area (Å²) in [5.41, 5.74) is 0. The molecule has 1 aliphatic rings. The minimum atomic E-state index is 0.0353. The van der Waals surface area contributed by atoms with Crippen molar-refractivity contribution in [1.82, 2.24) is 5.32 Å². The van der Waals surface area contributed by atoms with E-state index in [-0.39, 0.29) is 6.10 Å². The van der Waals surface area contributed by atoms with E-state index in [2.05, 4.69) is 37.2 Å². The second-order valence-electron chi connectivity index (χ2n) is 4.45. The van der Waals surface area contributed by atoms with Gasteiger partial charge in [0, 0.05) is 24.2 Å². The maximum atomic E-state index is 5.96. The molecule has 5 heteroatoms. The average Bonchev–Trinajstić information content (AvgIpc) is 3.13. The average molecular weight is 379 g/mol. The molecule has 1 aromatic carbocycles. The van der Waals surface area contributed by atoms with Crippen LogP contribution in [0.3, 0.4) is 0 Å². The molecule has 0 bridgehead atoms. The van der Waals surface area contributed by atoms with Crippen molar-refractivity contribution < 1.29 is 9.47 Å². The molecule has 1 saturated carbocycles. The summed E-state index contributed by atoms with van der Waals surface area (Å²) in [5.74, 6) is 0.845. The van der Waals surface area contributed by atoms with Crippen molar-refractivity contribution in [3.05, 3.63) is 27.1 Å². The molecule has 0 saturated heterocycles. The van der Waals surface area contributed by atoms with Gasteiger partial charge in [0.15, 0.2) is 0 Å². The van der Waals surface area contributed by atoms with Gasteiger partial charge < -0.3 is 14.8 Å². The number of halogens is 2. The monoisotopic (exact) mass is 377 g/mol. The van der Waals surface area contributed by atoms with Crippen LogP contribution in [0.4, 0.5) is 0 Å². The highest BCUT2D eigenvalue weighted by molar-refractivity contribution is 9.11. The van der Waals surface area contributed by atoms with Gasteiger partial charge in [0.1, 0.15) is 11.9 Å². The van der Waals surface area contributed by atoms with Gasteiger partial charge >= 0.3 is 0 Å². The van der Waals surface area contributed by atoms with E-state index in [4.69, 9.17) is 9.47 Å². The van der Waals surface area contributed by atoms with Gasteiger partial charge in [-0.25, -0.2) is 0 Å². The zero-order valence-corrected chi connectivity index (χ0v) is 13.5. The van der Waals surface area contributed by atoms with Crippen molar-refractivity contribution in [2.45, 2.75) is 25.0 Å². The summed E-state index contributed by atoms with van der Waals surface area (Å²) in [6.45, 7) is 1.41. The number of methoxy groups -OCH3 is 1. The van der Waals surface area contributed by atoms with Gasteiger partial charge in [0.05, 0.1) is 11.1 Å². The summed E-state index contributed by atoms with van der Waals surface area (Å²) in [6, 6.07) is 6.58. The van der Waals surface area contributed by atoms with Gasteiger partial charge in [0.25, 0.3) is 0 Å². The lowest BCUT2D eigenvalue weighted by atomic mass is 10.3. The molecule has 1 fully saturated rings. The molecule has 1 unspecified atom stereocenters. The highest BCUT2D eigenvalue weighted by Gasteiger charge is 2.22. The minimum Gasteiger partial charge on any atom is -0.486 e. The second-order valence-corrected chi connectivity index (χ2v) is 6.22. The molecule has 0 aliphatic heterocycles. The van der Waals surface area contributed by atoms with Crippen molar-refractivity contribution in [3.63, 3.8) is 0 Å². The lowest BCUT2D eigenvalue weighted by Gasteiger charge is -2.20. The van der Waals surface area contributed by atoms with Crippen LogP contribution in [-0.2, 0) is 4.74 Å². The van der Waals surface area contributed by atoms with E-state index in [1.54, 1.807) is 7.11 Å². The van der Waals surface area contributed by atoms with E-state index in [1.165, 1.54) is 12.8 Å². The lowest BCUT2D eigenvalue weighted by Crippen LogP contribution is -2.36. The van der Waals surface area contributed by atoms with Crippen molar-refractivity contribution >= 4 is 31.9 Å². The first-order chi connectivity index (χ1) is 8.69. The lowest BCUT2D eigenvalue weighted by molar-refractivity contribution is 0.0799. The summed E-state index contributed by atoms with van der Waals surface area (Å²) in [4.78, 5) is 0. The van der Waals surface area contributed by atoms with Gasteiger partial charge in [-0.1, -0.05) is 15.9 Å². The summed E-state index contributed by atoms with van der Waals surface area (Å²) in [6.07, 6.45) is 2.59. The SMILES string of the molecule is COCC(CNC1CC1)Oc1ccc(Br)cc1Br. The third kappa shape index (κ3) is 4.53. The Hall–Kier alpha value is -0.100. The summed E-state index contributed by atoms with van der Waals surface area (Å²) < 4.78 is 13.1. The van der Waals surface area contributed by atoms with E-state index in [0.29, 0.717) is 12.6 Å². The predicted octanol–water partition coefficient (Wildman–Crippen LogP) is 3.36. The fraction of sp³-hybridized carbons (Fsp3) is 0.538. The minimum absolute atomic E-state index is 0.0353. The van der Waals surface area contributed by atoms with Crippen LogP contribution in [0.25, 0.3) is 0 Å². The van der Waals surface area contributed by atoms with Crippen LogP contribution in [0.1, 0.15) is 12.8 Å². The fourth-order valence-corrected chi connectivity index (χ4v) is 2.80. The van der Waals surface area contributed by atoms with Crippen LogP contribution in [0.5, 0.6) is 5.75 Å². The largest absolute Gasteiger partial charge is 0.486 e. The van der Waals surface area contributed by atoms with E-state index in [1.807, 2.05) is 18.2 Å². The Morgan fingerprint density at radius 1 is 1.39 bits per heavy atom. The number of hydrogen-bond donors (Lipinski definition) is 1. The number of rotatable bonds is 7. The van der Waals surface area contributed by atoms with Crippen molar-refractivity contribution in [2.75, 3.05) is 20.3 Å². The quantitative estimate of drug-likeness (QED) is 0.789. The second kappa shape index (κ2) is 6.89. The summed E-state index contributed by atoms with van der Waals surface area (Å²) in [7, 11) is 1.70. The molecule has 1 aromatic rings. The Morgan fingerprint density at radius 3 is 2.78 bits per heavy atom. The zero-order chi connectivity index (χ0) is 13.0. The van der Waals surface area contributed by atoms with Crippen LogP contribution in [0, 0.1) is 0 Å². The Balaban J connectivity index is 1.92. The van der Waals surface area contributed by atoms with Gasteiger partial charge in [-0.15, -0.1) is 0 Å². The smallest absolute Gasteiger partial charge is 0.134 e. The topological polar surface area (TPSA) is 30.5 Å². The van der Waals surface area contributed by atoms with Crippen LogP contribution >= 0.6 is 31.9 Å². The molecule has 3 nitrogen and oxygen atoms in total. The molecule has 0 heterocycles. The molecule has 1 aliphatic carbocycles. The molecule has 18 heavy (non-hydrogen) atoms. The summed E-state index contributed by atoms with van der Waals surface area (Å²) in [5, 5.41) is 3.46. The van der Waals surface area contributed by atoms with Gasteiger partial charge in [-0.2, -0.15) is 0 Å². The van der Waals surface area contributed by atoms with Crippen LogP contribution < -0.4 is 10.1 Å². The number of benzene rings is 1. The van der Waals surface area contributed by atoms with Crippen molar-refractivity contribution in [3.8, 4) is 5.75 Å². The Bertz CT molecular complexity index is 397. The molecule has 1 N–H and O–H groups in total. The van der Waals surface area contributed by atoms with E-state index in [9.17, 15) is 0 Å². The Morgan fingerprint density at radius 2 is 2.17 bits per heavy atom. The molecule has 0 radical (unpaired) electrons. The van der Waals surface area contributed by atoms with Crippen molar-refractivity contribution in [2.24, 2.45) is 0 Å². The van der Waals surface area contributed by atoms with E-state index < -0.39 is 0 Å². The first-order valence-electron chi connectivity index (χ1n) is 6.03. The van der Waals surface area contributed by atoms with Gasteiger partial charge in [-0.05, 0) is 47.0 Å². The number of ether oxygens (including phenoxy) is 2.